The lowest BCUT2D eigenvalue weighted by molar-refractivity contribution is -0.145. The standard InChI is InChI=1S/C10H15NO3/c1-9-3-6-5-11-8(12)10(6,13-2)4-7(9)14-9/h6-7H,3-5H2,1-2H3,(H,11,12). The number of epoxide rings is 1. The Morgan fingerprint density at radius 2 is 2.36 bits per heavy atom. The zero-order valence-electron chi connectivity index (χ0n) is 8.50. The van der Waals surface area contributed by atoms with Crippen LogP contribution in [0.15, 0.2) is 0 Å². The van der Waals surface area contributed by atoms with E-state index < -0.39 is 5.60 Å². The molecular formula is C10H15NO3. The first-order chi connectivity index (χ1) is 6.61. The zero-order valence-corrected chi connectivity index (χ0v) is 8.50. The SMILES string of the molecule is COC12CC3OC3(C)CC1CNC2=O. The highest BCUT2D eigenvalue weighted by Crippen LogP contribution is 2.55. The van der Waals surface area contributed by atoms with Crippen molar-refractivity contribution in [1.82, 2.24) is 5.32 Å². The smallest absolute Gasteiger partial charge is 0.252 e. The maximum Gasteiger partial charge on any atom is 0.252 e. The summed E-state index contributed by atoms with van der Waals surface area (Å²) >= 11 is 0. The normalized spacial score (nSPS) is 54.9. The maximum atomic E-state index is 11.7. The Balaban J connectivity index is 1.94. The summed E-state index contributed by atoms with van der Waals surface area (Å²) < 4.78 is 11.1. The van der Waals surface area contributed by atoms with E-state index >= 15 is 0 Å². The number of rotatable bonds is 1. The van der Waals surface area contributed by atoms with Crippen LogP contribution in [0.2, 0.25) is 0 Å². The molecule has 1 amide bonds. The van der Waals surface area contributed by atoms with E-state index in [9.17, 15) is 4.79 Å². The number of nitrogens with one attached hydrogen (secondary N) is 1. The number of hydrogen-bond acceptors (Lipinski definition) is 3. The first kappa shape index (κ1) is 8.68. The van der Waals surface area contributed by atoms with Crippen LogP contribution in [0.5, 0.6) is 0 Å². The van der Waals surface area contributed by atoms with Gasteiger partial charge in [0.15, 0.2) is 5.60 Å². The molecule has 3 aliphatic rings. The van der Waals surface area contributed by atoms with Gasteiger partial charge in [-0.3, -0.25) is 4.79 Å². The Morgan fingerprint density at radius 3 is 3.07 bits per heavy atom. The van der Waals surface area contributed by atoms with Crippen LogP contribution in [0.25, 0.3) is 0 Å². The fourth-order valence-corrected chi connectivity index (χ4v) is 3.05. The lowest BCUT2D eigenvalue weighted by atomic mass is 9.73. The molecule has 1 aliphatic carbocycles. The van der Waals surface area contributed by atoms with Crippen molar-refractivity contribution < 1.29 is 14.3 Å². The van der Waals surface area contributed by atoms with E-state index in [1.165, 1.54) is 0 Å². The van der Waals surface area contributed by atoms with E-state index in [1.54, 1.807) is 7.11 Å². The Hall–Kier alpha value is -0.610. The maximum absolute atomic E-state index is 11.7. The van der Waals surface area contributed by atoms with E-state index in [4.69, 9.17) is 9.47 Å². The van der Waals surface area contributed by atoms with Gasteiger partial charge in [0.1, 0.15) is 0 Å². The minimum atomic E-state index is -0.597. The van der Waals surface area contributed by atoms with Crippen LogP contribution in [-0.4, -0.2) is 36.9 Å². The molecule has 0 radical (unpaired) electrons. The second-order valence-electron chi connectivity index (χ2n) is 4.83. The van der Waals surface area contributed by atoms with Crippen molar-refractivity contribution in [3.05, 3.63) is 0 Å². The number of carbonyl (C=O) groups is 1. The van der Waals surface area contributed by atoms with Gasteiger partial charge >= 0.3 is 0 Å². The number of hydrogen-bond donors (Lipinski definition) is 1. The summed E-state index contributed by atoms with van der Waals surface area (Å²) in [6.07, 6.45) is 1.88. The summed E-state index contributed by atoms with van der Waals surface area (Å²) in [7, 11) is 1.63. The topological polar surface area (TPSA) is 50.9 Å². The average Bonchev–Trinajstić information content (AvgIpc) is 2.72. The Bertz CT molecular complexity index is 306. The van der Waals surface area contributed by atoms with Crippen LogP contribution >= 0.6 is 0 Å². The molecule has 1 N–H and O–H groups in total. The second kappa shape index (κ2) is 2.31. The quantitative estimate of drug-likeness (QED) is 0.605. The van der Waals surface area contributed by atoms with Gasteiger partial charge in [0.05, 0.1) is 11.7 Å². The predicted octanol–water partition coefficient (Wildman–Crippen LogP) is 0.0689. The molecule has 1 saturated carbocycles. The van der Waals surface area contributed by atoms with Crippen molar-refractivity contribution >= 4 is 5.91 Å². The molecule has 3 fully saturated rings. The molecular weight excluding hydrogens is 182 g/mol. The van der Waals surface area contributed by atoms with E-state index in [1.807, 2.05) is 0 Å². The van der Waals surface area contributed by atoms with Gasteiger partial charge in [-0.05, 0) is 13.3 Å². The first-order valence-electron chi connectivity index (χ1n) is 5.12. The average molecular weight is 197 g/mol. The fourth-order valence-electron chi connectivity index (χ4n) is 3.05. The van der Waals surface area contributed by atoms with Crippen molar-refractivity contribution in [2.75, 3.05) is 13.7 Å². The third-order valence-electron chi connectivity index (χ3n) is 4.09. The fraction of sp³-hybridized carbons (Fsp3) is 0.900. The van der Waals surface area contributed by atoms with Crippen LogP contribution in [0.4, 0.5) is 0 Å². The van der Waals surface area contributed by atoms with E-state index in [0.29, 0.717) is 0 Å². The molecule has 4 nitrogen and oxygen atoms in total. The Kier molecular flexibility index (Phi) is 1.43. The summed E-state index contributed by atoms with van der Waals surface area (Å²) in [6.45, 7) is 2.86. The zero-order chi connectivity index (χ0) is 9.97. The van der Waals surface area contributed by atoms with Crippen molar-refractivity contribution in [2.24, 2.45) is 5.92 Å². The minimum Gasteiger partial charge on any atom is -0.368 e. The van der Waals surface area contributed by atoms with E-state index in [2.05, 4.69) is 12.2 Å². The number of amides is 1. The second-order valence-corrected chi connectivity index (χ2v) is 4.83. The summed E-state index contributed by atoms with van der Waals surface area (Å²) in [5.41, 5.74) is -0.570. The van der Waals surface area contributed by atoms with E-state index in [0.717, 1.165) is 19.4 Å². The summed E-state index contributed by atoms with van der Waals surface area (Å²) in [4.78, 5) is 11.7. The third-order valence-corrected chi connectivity index (χ3v) is 4.09. The molecule has 0 aromatic carbocycles. The highest BCUT2D eigenvalue weighted by molar-refractivity contribution is 5.88. The summed E-state index contributed by atoms with van der Waals surface area (Å²) in [6, 6.07) is 0. The van der Waals surface area contributed by atoms with Crippen LogP contribution in [0.1, 0.15) is 19.8 Å². The number of carbonyl (C=O) groups excluding carboxylic acids is 1. The molecule has 3 rings (SSSR count). The van der Waals surface area contributed by atoms with Gasteiger partial charge in [-0.2, -0.15) is 0 Å². The van der Waals surface area contributed by atoms with Gasteiger partial charge in [-0.15, -0.1) is 0 Å². The Morgan fingerprint density at radius 1 is 1.57 bits per heavy atom. The number of methoxy groups -OCH3 is 1. The van der Waals surface area contributed by atoms with Crippen LogP contribution < -0.4 is 5.32 Å². The largest absolute Gasteiger partial charge is 0.368 e. The molecule has 0 aromatic rings. The van der Waals surface area contributed by atoms with Crippen molar-refractivity contribution in [1.29, 1.82) is 0 Å². The van der Waals surface area contributed by atoms with Crippen molar-refractivity contribution in [3.8, 4) is 0 Å². The molecule has 4 heteroatoms. The molecule has 2 aliphatic heterocycles. The van der Waals surface area contributed by atoms with Gasteiger partial charge in [0.25, 0.3) is 5.91 Å². The van der Waals surface area contributed by atoms with E-state index in [-0.39, 0.29) is 23.5 Å². The highest BCUT2D eigenvalue weighted by Gasteiger charge is 2.67. The van der Waals surface area contributed by atoms with Gasteiger partial charge in [-0.25, -0.2) is 0 Å². The summed E-state index contributed by atoms with van der Waals surface area (Å²) in [5, 5.41) is 2.89. The molecule has 0 spiro atoms. The van der Waals surface area contributed by atoms with Crippen LogP contribution in [0.3, 0.4) is 0 Å². The predicted molar refractivity (Wildman–Crippen MR) is 48.8 cm³/mol. The van der Waals surface area contributed by atoms with Gasteiger partial charge in [-0.1, -0.05) is 0 Å². The van der Waals surface area contributed by atoms with Crippen molar-refractivity contribution in [2.45, 2.75) is 37.1 Å². The molecule has 78 valence electrons. The monoisotopic (exact) mass is 197 g/mol. The van der Waals surface area contributed by atoms with Gasteiger partial charge in [0.2, 0.25) is 0 Å². The minimum absolute atomic E-state index is 0.0268. The molecule has 0 bridgehead atoms. The molecule has 14 heavy (non-hydrogen) atoms. The van der Waals surface area contributed by atoms with Crippen LogP contribution in [-0.2, 0) is 14.3 Å². The highest BCUT2D eigenvalue weighted by atomic mass is 16.6. The van der Waals surface area contributed by atoms with Crippen LogP contribution in [0, 0.1) is 5.92 Å². The van der Waals surface area contributed by atoms with Crippen molar-refractivity contribution in [3.63, 3.8) is 0 Å². The van der Waals surface area contributed by atoms with Gasteiger partial charge < -0.3 is 14.8 Å². The lowest BCUT2D eigenvalue weighted by Crippen LogP contribution is -2.50. The molecule has 4 atom stereocenters. The molecule has 0 aromatic heterocycles. The number of ether oxygens (including phenoxy) is 2. The van der Waals surface area contributed by atoms with Gasteiger partial charge in [0, 0.05) is 26.0 Å². The first-order valence-corrected chi connectivity index (χ1v) is 5.12. The number of fused-ring (bicyclic) bond motifs is 2. The lowest BCUT2D eigenvalue weighted by Gasteiger charge is -2.35. The Labute approximate surface area is 82.9 Å². The molecule has 2 heterocycles. The molecule has 4 unspecified atom stereocenters. The third kappa shape index (κ3) is 0.834. The summed E-state index contributed by atoms with van der Waals surface area (Å²) in [5.74, 6) is 0.325. The molecule has 2 saturated heterocycles.